The average Bonchev–Trinajstić information content (AvgIpc) is 2.75. The van der Waals surface area contributed by atoms with Gasteiger partial charge in [-0.1, -0.05) is 97.3 Å². The van der Waals surface area contributed by atoms with Gasteiger partial charge in [0.1, 0.15) is 18.3 Å². The second-order valence-electron chi connectivity index (χ2n) is 8.78. The Morgan fingerprint density at radius 3 is 1.63 bits per heavy atom. The number of ketones is 1. The molecule has 30 heavy (non-hydrogen) atoms. The smallest absolute Gasteiger partial charge is 0.167 e. The fraction of sp³-hybridized carbons (Fsp3) is 0.958. The van der Waals surface area contributed by atoms with E-state index in [1.165, 1.54) is 25.7 Å². The van der Waals surface area contributed by atoms with Crippen molar-refractivity contribution in [2.75, 3.05) is 6.61 Å². The molecule has 0 aliphatic heterocycles. The van der Waals surface area contributed by atoms with Crippen LogP contribution in [0.1, 0.15) is 117 Å². The quantitative estimate of drug-likeness (QED) is 0.177. The van der Waals surface area contributed by atoms with Crippen molar-refractivity contribution in [1.82, 2.24) is 0 Å². The van der Waals surface area contributed by atoms with Gasteiger partial charge in [-0.15, -0.1) is 0 Å². The topological polar surface area (TPSA) is 118 Å². The summed E-state index contributed by atoms with van der Waals surface area (Å²) in [6.45, 7) is 3.56. The molecule has 0 spiro atoms. The van der Waals surface area contributed by atoms with Gasteiger partial charge in [0.05, 0.1) is 6.61 Å². The number of hydrogen-bond acceptors (Lipinski definition) is 6. The normalized spacial score (nSPS) is 16.8. The van der Waals surface area contributed by atoms with E-state index in [0.717, 1.165) is 51.4 Å². The van der Waals surface area contributed by atoms with E-state index < -0.39 is 36.3 Å². The van der Waals surface area contributed by atoms with Crippen LogP contribution in [0, 0.1) is 0 Å². The molecule has 0 unspecified atom stereocenters. The van der Waals surface area contributed by atoms with Crippen LogP contribution in [0.4, 0.5) is 0 Å². The fourth-order valence-electron chi connectivity index (χ4n) is 3.86. The lowest BCUT2D eigenvalue weighted by Crippen LogP contribution is -2.58. The molecule has 0 aliphatic carbocycles. The standard InChI is InChI=1S/C24H48O6/c1-3-5-7-9-11-12-13-15-17-21(27)24(30,18-16-14-10-8-6-4-2)23(29)22(28)20(26)19-25/h20,22-23,25-26,28-30H,3-19H2,1-2H3/t20-,22-,23+,24+/m1/s1. The van der Waals surface area contributed by atoms with Crippen molar-refractivity contribution in [2.24, 2.45) is 0 Å². The molecule has 4 atom stereocenters. The minimum Gasteiger partial charge on any atom is -0.394 e. The summed E-state index contributed by atoms with van der Waals surface area (Å²) >= 11 is 0. The number of carbonyl (C=O) groups is 1. The summed E-state index contributed by atoms with van der Waals surface area (Å²) in [4.78, 5) is 12.8. The van der Waals surface area contributed by atoms with Gasteiger partial charge in [-0.2, -0.15) is 0 Å². The van der Waals surface area contributed by atoms with E-state index in [-0.39, 0.29) is 12.8 Å². The molecule has 0 aromatic rings. The summed E-state index contributed by atoms with van der Waals surface area (Å²) < 4.78 is 0. The Labute approximate surface area is 183 Å². The van der Waals surface area contributed by atoms with Gasteiger partial charge in [0, 0.05) is 6.42 Å². The van der Waals surface area contributed by atoms with Crippen LogP contribution >= 0.6 is 0 Å². The van der Waals surface area contributed by atoms with Crippen molar-refractivity contribution < 1.29 is 30.3 Å². The van der Waals surface area contributed by atoms with Crippen molar-refractivity contribution in [3.8, 4) is 0 Å². The number of Topliss-reactive ketones (excluding diaryl/α,β-unsaturated/α-hetero) is 1. The average molecular weight is 433 g/mol. The van der Waals surface area contributed by atoms with Gasteiger partial charge in [0.15, 0.2) is 11.4 Å². The second-order valence-corrected chi connectivity index (χ2v) is 8.78. The van der Waals surface area contributed by atoms with E-state index in [9.17, 15) is 25.2 Å². The van der Waals surface area contributed by atoms with Crippen LogP contribution in [-0.2, 0) is 4.79 Å². The maximum absolute atomic E-state index is 12.8. The molecule has 6 nitrogen and oxygen atoms in total. The molecule has 0 rings (SSSR count). The number of carbonyl (C=O) groups excluding carboxylic acids is 1. The van der Waals surface area contributed by atoms with E-state index >= 15 is 0 Å². The van der Waals surface area contributed by atoms with Crippen molar-refractivity contribution in [3.05, 3.63) is 0 Å². The summed E-state index contributed by atoms with van der Waals surface area (Å²) in [6, 6.07) is 0. The number of rotatable bonds is 21. The Morgan fingerprint density at radius 2 is 1.17 bits per heavy atom. The third kappa shape index (κ3) is 11.8. The lowest BCUT2D eigenvalue weighted by molar-refractivity contribution is -0.176. The number of aliphatic hydroxyl groups is 5. The molecule has 0 saturated heterocycles. The van der Waals surface area contributed by atoms with Gasteiger partial charge in [-0.25, -0.2) is 0 Å². The van der Waals surface area contributed by atoms with Crippen LogP contribution in [0.2, 0.25) is 0 Å². The third-order valence-electron chi connectivity index (χ3n) is 6.05. The van der Waals surface area contributed by atoms with E-state index in [1.807, 2.05) is 0 Å². The van der Waals surface area contributed by atoms with Crippen LogP contribution in [0.5, 0.6) is 0 Å². The number of unbranched alkanes of at least 4 members (excludes halogenated alkanes) is 12. The van der Waals surface area contributed by atoms with Gasteiger partial charge in [0.25, 0.3) is 0 Å². The Balaban J connectivity index is 4.66. The van der Waals surface area contributed by atoms with Gasteiger partial charge in [-0.05, 0) is 12.8 Å². The van der Waals surface area contributed by atoms with Crippen LogP contribution < -0.4 is 0 Å². The second kappa shape index (κ2) is 18.1. The molecule has 0 heterocycles. The Hall–Kier alpha value is -0.530. The molecule has 0 fully saturated rings. The summed E-state index contributed by atoms with van der Waals surface area (Å²) in [6.07, 6.45) is 9.35. The molecular formula is C24H48O6. The first kappa shape index (κ1) is 29.5. The minimum atomic E-state index is -2.10. The van der Waals surface area contributed by atoms with Crippen molar-refractivity contribution in [2.45, 2.75) is 140 Å². The first-order chi connectivity index (χ1) is 14.3. The predicted molar refractivity (Wildman–Crippen MR) is 120 cm³/mol. The van der Waals surface area contributed by atoms with Gasteiger partial charge in [-0.3, -0.25) is 4.79 Å². The fourth-order valence-corrected chi connectivity index (χ4v) is 3.86. The zero-order valence-electron chi connectivity index (χ0n) is 19.4. The van der Waals surface area contributed by atoms with E-state index in [0.29, 0.717) is 12.8 Å². The molecule has 0 amide bonds. The zero-order valence-corrected chi connectivity index (χ0v) is 19.4. The Kier molecular flexibility index (Phi) is 17.8. The SMILES string of the molecule is CCCCCCCCCCC(=O)[C@@](O)(CCCCCCCC)[C@@H](O)[C@H](O)[C@H](O)CO. The van der Waals surface area contributed by atoms with Crippen LogP contribution in [-0.4, -0.2) is 61.8 Å². The van der Waals surface area contributed by atoms with Gasteiger partial charge < -0.3 is 25.5 Å². The highest BCUT2D eigenvalue weighted by Crippen LogP contribution is 2.27. The third-order valence-corrected chi connectivity index (χ3v) is 6.05. The van der Waals surface area contributed by atoms with Crippen LogP contribution in [0.3, 0.4) is 0 Å². The van der Waals surface area contributed by atoms with Crippen molar-refractivity contribution >= 4 is 5.78 Å². The Bertz CT molecular complexity index is 417. The van der Waals surface area contributed by atoms with E-state index in [4.69, 9.17) is 5.11 Å². The number of hydrogen-bond donors (Lipinski definition) is 5. The maximum Gasteiger partial charge on any atom is 0.167 e. The maximum atomic E-state index is 12.8. The van der Waals surface area contributed by atoms with Gasteiger partial charge in [0.2, 0.25) is 0 Å². The minimum absolute atomic E-state index is 0.0470. The van der Waals surface area contributed by atoms with E-state index in [1.54, 1.807) is 0 Å². The Morgan fingerprint density at radius 1 is 0.733 bits per heavy atom. The molecule has 0 radical (unpaired) electrons. The predicted octanol–water partition coefficient (Wildman–Crippen LogP) is 3.64. The number of aliphatic hydroxyl groups excluding tert-OH is 4. The highest BCUT2D eigenvalue weighted by Gasteiger charge is 2.46. The zero-order chi connectivity index (χ0) is 22.8. The molecule has 6 heteroatoms. The highest BCUT2D eigenvalue weighted by atomic mass is 16.4. The largest absolute Gasteiger partial charge is 0.394 e. The lowest BCUT2D eigenvalue weighted by Gasteiger charge is -2.35. The summed E-state index contributed by atoms with van der Waals surface area (Å²) in [5.74, 6) is -0.487. The first-order valence-electron chi connectivity index (χ1n) is 12.3. The molecule has 0 aliphatic rings. The van der Waals surface area contributed by atoms with Crippen molar-refractivity contribution in [1.29, 1.82) is 0 Å². The lowest BCUT2D eigenvalue weighted by atomic mass is 9.80. The molecular weight excluding hydrogens is 384 g/mol. The summed E-state index contributed by atoms with van der Waals surface area (Å²) in [5.41, 5.74) is -2.10. The van der Waals surface area contributed by atoms with Crippen molar-refractivity contribution in [3.63, 3.8) is 0 Å². The molecule has 0 saturated carbocycles. The van der Waals surface area contributed by atoms with E-state index in [2.05, 4.69) is 13.8 Å². The molecule has 5 N–H and O–H groups in total. The molecule has 0 aromatic carbocycles. The highest BCUT2D eigenvalue weighted by molar-refractivity contribution is 5.87. The first-order valence-corrected chi connectivity index (χ1v) is 12.3. The summed E-state index contributed by atoms with van der Waals surface area (Å²) in [5, 5.41) is 50.3. The molecule has 0 bridgehead atoms. The van der Waals surface area contributed by atoms with Crippen LogP contribution in [0.25, 0.3) is 0 Å². The monoisotopic (exact) mass is 432 g/mol. The van der Waals surface area contributed by atoms with Gasteiger partial charge >= 0.3 is 0 Å². The molecule has 0 aromatic heterocycles. The molecule has 180 valence electrons. The summed E-state index contributed by atoms with van der Waals surface area (Å²) in [7, 11) is 0. The van der Waals surface area contributed by atoms with Crippen LogP contribution in [0.15, 0.2) is 0 Å².